The maximum Gasteiger partial charge on any atom is 0.498 e. The van der Waals surface area contributed by atoms with Gasteiger partial charge in [0, 0.05) is 23.2 Å². The quantitative estimate of drug-likeness (QED) is 0.309. The van der Waals surface area contributed by atoms with E-state index in [1.807, 2.05) is 36.0 Å². The van der Waals surface area contributed by atoms with Crippen molar-refractivity contribution in [2.75, 3.05) is 12.4 Å². The summed E-state index contributed by atoms with van der Waals surface area (Å²) in [5.41, 5.74) is 1.54. The third kappa shape index (κ3) is 3.82. The van der Waals surface area contributed by atoms with Crippen molar-refractivity contribution in [3.8, 4) is 5.75 Å². The van der Waals surface area contributed by atoms with Gasteiger partial charge in [0.2, 0.25) is 0 Å². The van der Waals surface area contributed by atoms with E-state index in [-0.39, 0.29) is 36.6 Å². The first kappa shape index (κ1) is 23.0. The second-order valence-electron chi connectivity index (χ2n) is 10.9. The fourth-order valence-electron chi connectivity index (χ4n) is 5.29. The summed E-state index contributed by atoms with van der Waals surface area (Å²) in [5, 5.41) is 0. The Labute approximate surface area is 207 Å². The molecule has 0 aromatic heterocycles. The standard InChI is InChI=1S/C26H32B2O5S/c1-23-17-24(23,2)31-27(30-23)19-11-5-7-13-21(19)29-15-9-10-16-34-22-14-8-6-12-20(22)28-32-25(3)18-26(25,4)33-28/h5-8,11-14H,9-10,15-18H2,1-4H3. The summed E-state index contributed by atoms with van der Waals surface area (Å²) in [6, 6.07) is 16.5. The van der Waals surface area contributed by atoms with E-state index in [4.69, 9.17) is 23.4 Å². The Bertz CT molecular complexity index is 985. The summed E-state index contributed by atoms with van der Waals surface area (Å²) in [5.74, 6) is 1.88. The normalized spacial score (nSPS) is 35.3. The maximum absolute atomic E-state index is 6.25. The Morgan fingerprint density at radius 3 is 1.91 bits per heavy atom. The molecule has 2 aliphatic carbocycles. The molecule has 6 rings (SSSR count). The summed E-state index contributed by atoms with van der Waals surface area (Å²) in [6.45, 7) is 9.22. The van der Waals surface area contributed by atoms with Crippen LogP contribution < -0.4 is 15.7 Å². The number of ether oxygens (including phenoxy) is 1. The van der Waals surface area contributed by atoms with Gasteiger partial charge >= 0.3 is 14.2 Å². The van der Waals surface area contributed by atoms with Crippen LogP contribution in [0.1, 0.15) is 53.4 Å². The molecule has 2 aromatic rings. The molecule has 2 saturated carbocycles. The third-order valence-corrected chi connectivity index (χ3v) is 9.38. The summed E-state index contributed by atoms with van der Waals surface area (Å²) in [6.07, 6.45) is 3.98. The van der Waals surface area contributed by atoms with Gasteiger partial charge in [-0.05, 0) is 63.9 Å². The zero-order valence-corrected chi connectivity index (χ0v) is 21.3. The van der Waals surface area contributed by atoms with Crippen LogP contribution in [0.5, 0.6) is 5.75 Å². The molecule has 4 atom stereocenters. The Hall–Kier alpha value is -1.44. The van der Waals surface area contributed by atoms with Gasteiger partial charge in [0.15, 0.2) is 0 Å². The molecule has 2 aromatic carbocycles. The number of para-hydroxylation sites is 1. The first-order chi connectivity index (χ1) is 16.2. The van der Waals surface area contributed by atoms with Crippen LogP contribution in [0.25, 0.3) is 0 Å². The van der Waals surface area contributed by atoms with E-state index in [1.54, 1.807) is 0 Å². The molecule has 2 saturated heterocycles. The number of thioether (sulfide) groups is 1. The van der Waals surface area contributed by atoms with Crippen LogP contribution in [0, 0.1) is 0 Å². The van der Waals surface area contributed by atoms with Crippen LogP contribution in [0.4, 0.5) is 0 Å². The average molecular weight is 478 g/mol. The number of hydrogen-bond acceptors (Lipinski definition) is 6. The lowest BCUT2D eigenvalue weighted by Crippen LogP contribution is -2.37. The van der Waals surface area contributed by atoms with E-state index in [0.29, 0.717) is 6.61 Å². The number of unbranched alkanes of at least 4 members (excludes halogenated alkanes) is 1. The van der Waals surface area contributed by atoms with Crippen molar-refractivity contribution in [2.24, 2.45) is 0 Å². The fraction of sp³-hybridized carbons (Fsp3) is 0.538. The molecular formula is C26H32B2O5S. The molecule has 0 spiro atoms. The van der Waals surface area contributed by atoms with E-state index in [2.05, 4.69) is 52.0 Å². The molecule has 4 unspecified atom stereocenters. The van der Waals surface area contributed by atoms with Crippen molar-refractivity contribution in [3.63, 3.8) is 0 Å². The summed E-state index contributed by atoms with van der Waals surface area (Å²) in [4.78, 5) is 1.24. The SMILES string of the molecule is CC12CC1(C)OB(c1ccccc1OCCCCSc1ccccc1B1OC3(C)CC3(C)O1)O2. The second-order valence-corrected chi connectivity index (χ2v) is 12.0. The Kier molecular flexibility index (Phi) is 5.43. The molecule has 8 heteroatoms. The van der Waals surface area contributed by atoms with Gasteiger partial charge in [-0.15, -0.1) is 11.8 Å². The smallest absolute Gasteiger partial charge is 0.494 e. The van der Waals surface area contributed by atoms with Gasteiger partial charge in [0.05, 0.1) is 29.0 Å². The molecule has 0 N–H and O–H groups in total. The molecule has 4 fully saturated rings. The van der Waals surface area contributed by atoms with Gasteiger partial charge in [-0.3, -0.25) is 0 Å². The van der Waals surface area contributed by atoms with Crippen LogP contribution in [0.15, 0.2) is 53.4 Å². The lowest BCUT2D eigenvalue weighted by atomic mass is 9.78. The minimum absolute atomic E-state index is 0.131. The van der Waals surface area contributed by atoms with Crippen molar-refractivity contribution in [3.05, 3.63) is 48.5 Å². The first-order valence-corrected chi connectivity index (χ1v) is 13.4. The van der Waals surface area contributed by atoms with Crippen LogP contribution in [-0.2, 0) is 18.6 Å². The van der Waals surface area contributed by atoms with Crippen molar-refractivity contribution < 1.29 is 23.4 Å². The monoisotopic (exact) mass is 478 g/mol. The molecule has 2 heterocycles. The zero-order valence-electron chi connectivity index (χ0n) is 20.5. The number of rotatable bonds is 9. The second kappa shape index (κ2) is 8.04. The molecule has 0 amide bonds. The lowest BCUT2D eigenvalue weighted by molar-refractivity contribution is 0.187. The number of hydrogen-bond donors (Lipinski definition) is 0. The summed E-state index contributed by atoms with van der Waals surface area (Å²) >= 11 is 1.87. The fourth-order valence-corrected chi connectivity index (χ4v) is 6.37. The van der Waals surface area contributed by atoms with Gasteiger partial charge in [0.1, 0.15) is 5.75 Å². The van der Waals surface area contributed by atoms with Gasteiger partial charge in [-0.1, -0.05) is 36.4 Å². The van der Waals surface area contributed by atoms with Gasteiger partial charge < -0.3 is 23.4 Å². The van der Waals surface area contributed by atoms with Gasteiger partial charge in [-0.2, -0.15) is 0 Å². The highest BCUT2D eigenvalue weighted by molar-refractivity contribution is 7.99. The molecule has 5 nitrogen and oxygen atoms in total. The van der Waals surface area contributed by atoms with Crippen molar-refractivity contribution in [2.45, 2.75) is 80.7 Å². The molecule has 0 bridgehead atoms. The van der Waals surface area contributed by atoms with E-state index in [9.17, 15) is 0 Å². The van der Waals surface area contributed by atoms with E-state index in [0.717, 1.165) is 48.1 Å². The van der Waals surface area contributed by atoms with Crippen molar-refractivity contribution in [1.29, 1.82) is 0 Å². The highest BCUT2D eigenvalue weighted by Gasteiger charge is 2.72. The zero-order chi connectivity index (χ0) is 23.6. The van der Waals surface area contributed by atoms with Crippen molar-refractivity contribution >= 4 is 36.9 Å². The van der Waals surface area contributed by atoms with Crippen molar-refractivity contribution in [1.82, 2.24) is 0 Å². The maximum atomic E-state index is 6.25. The predicted molar refractivity (Wildman–Crippen MR) is 136 cm³/mol. The average Bonchev–Trinajstić information content (AvgIpc) is 3.43. The summed E-state index contributed by atoms with van der Waals surface area (Å²) < 4.78 is 31.0. The van der Waals surface area contributed by atoms with Crippen LogP contribution in [0.3, 0.4) is 0 Å². The van der Waals surface area contributed by atoms with E-state index < -0.39 is 0 Å². The number of benzene rings is 2. The molecule has 2 aliphatic heterocycles. The van der Waals surface area contributed by atoms with Crippen LogP contribution >= 0.6 is 11.8 Å². The summed E-state index contributed by atoms with van der Waals surface area (Å²) in [7, 11) is -0.606. The topological polar surface area (TPSA) is 46.2 Å². The Morgan fingerprint density at radius 1 is 0.735 bits per heavy atom. The van der Waals surface area contributed by atoms with Gasteiger partial charge in [0.25, 0.3) is 0 Å². The minimum Gasteiger partial charge on any atom is -0.494 e. The third-order valence-electron chi connectivity index (χ3n) is 8.20. The Morgan fingerprint density at radius 2 is 1.26 bits per heavy atom. The number of fused-ring (bicyclic) bond motifs is 2. The molecular weight excluding hydrogens is 446 g/mol. The van der Waals surface area contributed by atoms with E-state index >= 15 is 0 Å². The predicted octanol–water partition coefficient (Wildman–Crippen LogP) is 3.96. The highest BCUT2D eigenvalue weighted by Crippen LogP contribution is 2.59. The highest BCUT2D eigenvalue weighted by atomic mass is 32.2. The molecule has 178 valence electrons. The van der Waals surface area contributed by atoms with Crippen LogP contribution in [-0.4, -0.2) is 49.0 Å². The largest absolute Gasteiger partial charge is 0.498 e. The van der Waals surface area contributed by atoms with Gasteiger partial charge in [-0.25, -0.2) is 0 Å². The van der Waals surface area contributed by atoms with E-state index in [1.165, 1.54) is 4.90 Å². The molecule has 0 radical (unpaired) electrons. The molecule has 34 heavy (non-hydrogen) atoms. The minimum atomic E-state index is -0.345. The Balaban J connectivity index is 0.984. The molecule has 4 aliphatic rings. The lowest BCUT2D eigenvalue weighted by Gasteiger charge is -2.16. The van der Waals surface area contributed by atoms with Crippen LogP contribution in [0.2, 0.25) is 0 Å². The first-order valence-electron chi connectivity index (χ1n) is 12.4.